The van der Waals surface area contributed by atoms with Gasteiger partial charge in [0, 0.05) is 15.7 Å². The van der Waals surface area contributed by atoms with Gasteiger partial charge in [0.25, 0.3) is 5.91 Å². The summed E-state index contributed by atoms with van der Waals surface area (Å²) in [4.78, 5) is 25.3. The van der Waals surface area contributed by atoms with Crippen LogP contribution in [0.15, 0.2) is 76.4 Å². The van der Waals surface area contributed by atoms with Crippen LogP contribution in [0.4, 0.5) is 18.9 Å². The maximum atomic E-state index is 13.1. The van der Waals surface area contributed by atoms with Crippen molar-refractivity contribution < 1.29 is 27.5 Å². The molecule has 40 heavy (non-hydrogen) atoms. The molecule has 0 bridgehead atoms. The predicted molar refractivity (Wildman–Crippen MR) is 149 cm³/mol. The number of amides is 2. The summed E-state index contributed by atoms with van der Waals surface area (Å²) in [5.41, 5.74) is -0.0240. The maximum Gasteiger partial charge on any atom is 0.416 e. The molecular formula is C26H20BrClF3N5O3S. The molecule has 14 heteroatoms. The van der Waals surface area contributed by atoms with Crippen molar-refractivity contribution in [2.75, 3.05) is 18.2 Å². The van der Waals surface area contributed by atoms with Crippen molar-refractivity contribution >= 4 is 56.8 Å². The second-order valence-electron chi connectivity index (χ2n) is 8.15. The zero-order valence-electron chi connectivity index (χ0n) is 20.6. The minimum absolute atomic E-state index is 0.0195. The van der Waals surface area contributed by atoms with Crippen LogP contribution in [-0.4, -0.2) is 39.4 Å². The number of hydrogen-bond acceptors (Lipinski definition) is 6. The summed E-state index contributed by atoms with van der Waals surface area (Å²) in [6, 6.07) is 16.6. The highest BCUT2D eigenvalue weighted by molar-refractivity contribution is 9.10. The molecule has 2 amide bonds. The Bertz CT molecular complexity index is 1530. The Balaban J connectivity index is 1.51. The van der Waals surface area contributed by atoms with Gasteiger partial charge in [-0.15, -0.1) is 10.2 Å². The molecule has 8 nitrogen and oxygen atoms in total. The molecule has 0 radical (unpaired) electrons. The van der Waals surface area contributed by atoms with E-state index >= 15 is 0 Å². The summed E-state index contributed by atoms with van der Waals surface area (Å²) >= 11 is 10.4. The third-order valence-electron chi connectivity index (χ3n) is 5.42. The fraction of sp³-hybridized carbons (Fsp3) is 0.154. The molecule has 0 aliphatic heterocycles. The van der Waals surface area contributed by atoms with Crippen molar-refractivity contribution in [1.82, 2.24) is 20.1 Å². The number of anilines is 1. The van der Waals surface area contributed by atoms with Crippen LogP contribution < -0.4 is 15.4 Å². The lowest BCUT2D eigenvalue weighted by molar-refractivity contribution is -0.137. The lowest BCUT2D eigenvalue weighted by Crippen LogP contribution is -2.24. The number of methoxy groups -OCH3 is 1. The standard InChI is InChI=1S/C26H20BrClF3N5O3S/c1-39-19-4-2-3-15(11-19)24(38)32-13-22-34-35-25(36(22)18-8-6-17(27)7-9-18)40-14-23(37)33-21-12-16(26(29,30)31)5-10-20(21)28/h2-12H,13-14H2,1H3,(H,32,38)(H,33,37). The number of nitrogens with one attached hydrogen (secondary N) is 2. The first-order chi connectivity index (χ1) is 19.0. The maximum absolute atomic E-state index is 13.1. The van der Waals surface area contributed by atoms with Crippen LogP contribution in [0.2, 0.25) is 5.02 Å². The van der Waals surface area contributed by atoms with Crippen LogP contribution in [0.3, 0.4) is 0 Å². The van der Waals surface area contributed by atoms with Crippen LogP contribution in [-0.2, 0) is 17.5 Å². The number of carbonyl (C=O) groups is 2. The van der Waals surface area contributed by atoms with Gasteiger partial charge >= 0.3 is 6.18 Å². The first kappa shape index (κ1) is 29.4. The number of nitrogens with zero attached hydrogens (tertiary/aromatic N) is 3. The molecule has 0 unspecified atom stereocenters. The van der Waals surface area contributed by atoms with E-state index < -0.39 is 17.6 Å². The zero-order chi connectivity index (χ0) is 28.9. The summed E-state index contributed by atoms with van der Waals surface area (Å²) in [5, 5.41) is 13.9. The van der Waals surface area contributed by atoms with Gasteiger partial charge in [-0.25, -0.2) is 0 Å². The molecule has 0 spiro atoms. The highest BCUT2D eigenvalue weighted by Gasteiger charge is 2.31. The lowest BCUT2D eigenvalue weighted by Gasteiger charge is -2.13. The molecule has 0 saturated carbocycles. The van der Waals surface area contributed by atoms with E-state index in [0.29, 0.717) is 28.0 Å². The number of carbonyl (C=O) groups excluding carboxylic acids is 2. The summed E-state index contributed by atoms with van der Waals surface area (Å²) < 4.78 is 46.9. The van der Waals surface area contributed by atoms with E-state index in [1.54, 1.807) is 41.0 Å². The van der Waals surface area contributed by atoms with Crippen molar-refractivity contribution in [2.45, 2.75) is 17.9 Å². The van der Waals surface area contributed by atoms with Crippen LogP contribution >= 0.6 is 39.3 Å². The van der Waals surface area contributed by atoms with E-state index in [1.165, 1.54) is 7.11 Å². The average Bonchev–Trinajstić information content (AvgIpc) is 3.34. The van der Waals surface area contributed by atoms with Gasteiger partial charge in [0.05, 0.1) is 35.7 Å². The second kappa shape index (κ2) is 12.7. The van der Waals surface area contributed by atoms with Gasteiger partial charge in [-0.05, 0) is 60.7 Å². The molecule has 208 valence electrons. The molecule has 4 rings (SSSR count). The number of thioether (sulfide) groups is 1. The van der Waals surface area contributed by atoms with Crippen molar-refractivity contribution in [3.8, 4) is 11.4 Å². The first-order valence-electron chi connectivity index (χ1n) is 11.5. The van der Waals surface area contributed by atoms with Crippen molar-refractivity contribution in [3.63, 3.8) is 0 Å². The summed E-state index contributed by atoms with van der Waals surface area (Å²) in [7, 11) is 1.51. The van der Waals surface area contributed by atoms with E-state index in [4.69, 9.17) is 16.3 Å². The molecule has 1 aromatic heterocycles. The number of alkyl halides is 3. The molecule has 4 aromatic rings. The van der Waals surface area contributed by atoms with E-state index in [-0.39, 0.29) is 28.9 Å². The molecule has 3 aromatic carbocycles. The molecule has 0 aliphatic carbocycles. The van der Waals surface area contributed by atoms with Crippen molar-refractivity contribution in [1.29, 1.82) is 0 Å². The Hall–Kier alpha value is -3.55. The molecule has 0 saturated heterocycles. The number of rotatable bonds is 9. The lowest BCUT2D eigenvalue weighted by atomic mass is 10.2. The monoisotopic (exact) mass is 653 g/mol. The normalized spacial score (nSPS) is 11.2. The highest BCUT2D eigenvalue weighted by atomic mass is 79.9. The molecule has 2 N–H and O–H groups in total. The minimum atomic E-state index is -4.59. The first-order valence-corrected chi connectivity index (χ1v) is 13.6. The Kier molecular flexibility index (Phi) is 9.38. The Morgan fingerprint density at radius 3 is 2.52 bits per heavy atom. The van der Waals surface area contributed by atoms with Gasteiger partial charge in [-0.2, -0.15) is 13.2 Å². The quantitative estimate of drug-likeness (QED) is 0.204. The van der Waals surface area contributed by atoms with Crippen molar-refractivity contribution in [3.05, 3.63) is 93.2 Å². The van der Waals surface area contributed by atoms with E-state index in [9.17, 15) is 22.8 Å². The highest BCUT2D eigenvalue weighted by Crippen LogP contribution is 2.34. The number of halogens is 5. The van der Waals surface area contributed by atoms with Gasteiger partial charge in [0.2, 0.25) is 5.91 Å². The number of ether oxygens (including phenoxy) is 1. The van der Waals surface area contributed by atoms with Gasteiger partial charge in [-0.1, -0.05) is 45.4 Å². The van der Waals surface area contributed by atoms with E-state index in [2.05, 4.69) is 36.8 Å². The SMILES string of the molecule is COc1cccc(C(=O)NCc2nnc(SCC(=O)Nc3cc(C(F)(F)F)ccc3Cl)n2-c2ccc(Br)cc2)c1. The van der Waals surface area contributed by atoms with Crippen LogP contribution in [0, 0.1) is 0 Å². The Morgan fingerprint density at radius 1 is 1.07 bits per heavy atom. The van der Waals surface area contributed by atoms with E-state index in [0.717, 1.165) is 34.4 Å². The predicted octanol–water partition coefficient (Wildman–Crippen LogP) is 6.37. The minimum Gasteiger partial charge on any atom is -0.497 e. The molecule has 0 aliphatic rings. The van der Waals surface area contributed by atoms with Crippen LogP contribution in [0.25, 0.3) is 5.69 Å². The Morgan fingerprint density at radius 2 is 1.82 bits per heavy atom. The van der Waals surface area contributed by atoms with Gasteiger partial charge in [0.15, 0.2) is 11.0 Å². The Labute approximate surface area is 244 Å². The summed E-state index contributed by atoms with van der Waals surface area (Å²) in [6.07, 6.45) is -4.59. The van der Waals surface area contributed by atoms with Gasteiger partial charge < -0.3 is 15.4 Å². The van der Waals surface area contributed by atoms with E-state index in [1.807, 2.05) is 12.1 Å². The fourth-order valence-corrected chi connectivity index (χ4v) is 4.70. The second-order valence-corrected chi connectivity index (χ2v) is 10.4. The van der Waals surface area contributed by atoms with Gasteiger partial charge in [-0.3, -0.25) is 14.2 Å². The zero-order valence-corrected chi connectivity index (χ0v) is 23.8. The van der Waals surface area contributed by atoms with Gasteiger partial charge in [0.1, 0.15) is 5.75 Å². The molecule has 1 heterocycles. The summed E-state index contributed by atoms with van der Waals surface area (Å²) in [6.45, 7) is 0.0195. The fourth-order valence-electron chi connectivity index (χ4n) is 3.50. The third-order valence-corrected chi connectivity index (χ3v) is 7.21. The average molecular weight is 655 g/mol. The number of aromatic nitrogens is 3. The van der Waals surface area contributed by atoms with Crippen LogP contribution in [0.1, 0.15) is 21.7 Å². The largest absolute Gasteiger partial charge is 0.497 e. The molecule has 0 fully saturated rings. The topological polar surface area (TPSA) is 98.1 Å². The number of hydrogen-bond donors (Lipinski definition) is 2. The number of benzene rings is 3. The molecule has 0 atom stereocenters. The third kappa shape index (κ3) is 7.34. The smallest absolute Gasteiger partial charge is 0.416 e. The molecular weight excluding hydrogens is 635 g/mol. The van der Waals surface area contributed by atoms with Crippen LogP contribution in [0.5, 0.6) is 5.75 Å². The van der Waals surface area contributed by atoms with Crippen molar-refractivity contribution in [2.24, 2.45) is 0 Å². The summed E-state index contributed by atoms with van der Waals surface area (Å²) in [5.74, 6) is -0.214.